The zero-order valence-electron chi connectivity index (χ0n) is 15.1. The second-order valence-corrected chi connectivity index (χ2v) is 6.41. The van der Waals surface area contributed by atoms with Gasteiger partial charge in [0, 0.05) is 32.4 Å². The number of anilines is 1. The molecule has 0 atom stereocenters. The molecule has 2 amide bonds. The molecular formula is C19H19N5O4. The van der Waals surface area contributed by atoms with E-state index in [2.05, 4.69) is 10.3 Å². The number of carbonyl (C=O) groups is 2. The van der Waals surface area contributed by atoms with E-state index in [1.807, 2.05) is 0 Å². The summed E-state index contributed by atoms with van der Waals surface area (Å²) in [7, 11) is 0. The number of pyridine rings is 1. The van der Waals surface area contributed by atoms with Gasteiger partial charge < -0.3 is 19.5 Å². The van der Waals surface area contributed by atoms with Crippen molar-refractivity contribution in [1.29, 1.82) is 0 Å². The Hall–Kier alpha value is -3.62. The van der Waals surface area contributed by atoms with Gasteiger partial charge >= 0.3 is 0 Å². The fourth-order valence-electron chi connectivity index (χ4n) is 3.15. The normalized spacial score (nSPS) is 14.3. The van der Waals surface area contributed by atoms with E-state index in [1.54, 1.807) is 46.3 Å². The summed E-state index contributed by atoms with van der Waals surface area (Å²) in [5, 5.41) is 2.88. The molecule has 9 nitrogen and oxygen atoms in total. The summed E-state index contributed by atoms with van der Waals surface area (Å²) in [6.07, 6.45) is 4.53. The molecule has 0 unspecified atom stereocenters. The third-order valence-electron chi connectivity index (χ3n) is 4.70. The van der Waals surface area contributed by atoms with Crippen molar-refractivity contribution in [2.75, 3.05) is 38.0 Å². The van der Waals surface area contributed by atoms with Crippen LogP contribution < -0.4 is 10.9 Å². The second-order valence-electron chi connectivity index (χ2n) is 6.41. The SMILES string of the molecule is O=C(CNc1cnc2ccccn2c1=O)N1CCN(C(=O)c2ccco2)CC1. The van der Waals surface area contributed by atoms with Crippen LogP contribution in [0.5, 0.6) is 0 Å². The molecule has 1 fully saturated rings. The van der Waals surface area contributed by atoms with Gasteiger partial charge in [-0.3, -0.25) is 18.8 Å². The number of amides is 2. The first-order valence-electron chi connectivity index (χ1n) is 8.94. The number of rotatable bonds is 4. The molecule has 0 spiro atoms. The Morgan fingerprint density at radius 3 is 2.61 bits per heavy atom. The molecule has 0 saturated carbocycles. The maximum Gasteiger partial charge on any atom is 0.289 e. The lowest BCUT2D eigenvalue weighted by atomic mass is 10.2. The van der Waals surface area contributed by atoms with E-state index < -0.39 is 0 Å². The largest absolute Gasteiger partial charge is 0.459 e. The highest BCUT2D eigenvalue weighted by Crippen LogP contribution is 2.10. The summed E-state index contributed by atoms with van der Waals surface area (Å²) in [5.41, 5.74) is 0.553. The number of hydrogen-bond acceptors (Lipinski definition) is 6. The number of nitrogens with one attached hydrogen (secondary N) is 1. The van der Waals surface area contributed by atoms with Crippen LogP contribution in [0.15, 0.2) is 58.2 Å². The molecule has 0 radical (unpaired) electrons. The third kappa shape index (κ3) is 3.46. The Balaban J connectivity index is 1.33. The van der Waals surface area contributed by atoms with E-state index >= 15 is 0 Å². The van der Waals surface area contributed by atoms with Crippen LogP contribution in [0.3, 0.4) is 0 Å². The Morgan fingerprint density at radius 2 is 1.86 bits per heavy atom. The van der Waals surface area contributed by atoms with Gasteiger partial charge in [-0.1, -0.05) is 6.07 Å². The van der Waals surface area contributed by atoms with Gasteiger partial charge in [0.05, 0.1) is 19.0 Å². The van der Waals surface area contributed by atoms with E-state index in [1.165, 1.54) is 16.9 Å². The highest BCUT2D eigenvalue weighted by Gasteiger charge is 2.25. The lowest BCUT2D eigenvalue weighted by Gasteiger charge is -2.34. The van der Waals surface area contributed by atoms with Gasteiger partial charge in [0.2, 0.25) is 5.91 Å². The van der Waals surface area contributed by atoms with E-state index in [0.717, 1.165) is 0 Å². The second kappa shape index (κ2) is 7.55. The molecule has 144 valence electrons. The van der Waals surface area contributed by atoms with Crippen molar-refractivity contribution < 1.29 is 14.0 Å². The maximum absolute atomic E-state index is 12.5. The maximum atomic E-state index is 12.5. The van der Waals surface area contributed by atoms with Crippen molar-refractivity contribution in [3.63, 3.8) is 0 Å². The average molecular weight is 381 g/mol. The smallest absolute Gasteiger partial charge is 0.289 e. The summed E-state index contributed by atoms with van der Waals surface area (Å²) >= 11 is 0. The van der Waals surface area contributed by atoms with Crippen LogP contribution in [0.1, 0.15) is 10.6 Å². The summed E-state index contributed by atoms with van der Waals surface area (Å²) in [6, 6.07) is 8.58. The van der Waals surface area contributed by atoms with Crippen LogP contribution in [0, 0.1) is 0 Å². The summed E-state index contributed by atoms with van der Waals surface area (Å²) in [4.78, 5) is 44.7. The molecule has 1 aliphatic rings. The molecule has 3 aromatic rings. The van der Waals surface area contributed by atoms with E-state index in [-0.39, 0.29) is 29.6 Å². The standard InChI is InChI=1S/C19H19N5O4/c25-17(13-20-14-12-21-16-5-1-2-6-24(16)18(14)26)22-7-9-23(10-8-22)19(27)15-4-3-11-28-15/h1-6,11-12,20H,7-10,13H2. The van der Waals surface area contributed by atoms with Gasteiger partial charge in [0.1, 0.15) is 11.3 Å². The van der Waals surface area contributed by atoms with Gasteiger partial charge in [0.15, 0.2) is 5.76 Å². The van der Waals surface area contributed by atoms with Gasteiger partial charge in [-0.2, -0.15) is 0 Å². The molecule has 4 rings (SSSR count). The molecule has 28 heavy (non-hydrogen) atoms. The Bertz CT molecular complexity index is 1050. The van der Waals surface area contributed by atoms with Gasteiger partial charge in [-0.25, -0.2) is 4.98 Å². The van der Waals surface area contributed by atoms with Crippen LogP contribution in [0.4, 0.5) is 5.69 Å². The number of fused-ring (bicyclic) bond motifs is 1. The van der Waals surface area contributed by atoms with Crippen molar-refractivity contribution in [3.8, 4) is 0 Å². The van der Waals surface area contributed by atoms with Crippen LogP contribution in [0.25, 0.3) is 5.65 Å². The highest BCUT2D eigenvalue weighted by atomic mass is 16.3. The van der Waals surface area contributed by atoms with E-state index in [4.69, 9.17) is 4.42 Å². The summed E-state index contributed by atoms with van der Waals surface area (Å²) in [5.74, 6) is -0.0149. The number of aromatic nitrogens is 2. The molecule has 0 bridgehead atoms. The lowest BCUT2D eigenvalue weighted by molar-refractivity contribution is -0.130. The number of piperazine rings is 1. The molecule has 0 aliphatic carbocycles. The number of carbonyl (C=O) groups excluding carboxylic acids is 2. The van der Waals surface area contributed by atoms with Crippen LogP contribution in [-0.2, 0) is 4.79 Å². The third-order valence-corrected chi connectivity index (χ3v) is 4.70. The fraction of sp³-hybridized carbons (Fsp3) is 0.263. The predicted octanol–water partition coefficient (Wildman–Crippen LogP) is 0.684. The van der Waals surface area contributed by atoms with Gasteiger partial charge in [0.25, 0.3) is 11.5 Å². The lowest BCUT2D eigenvalue weighted by Crippen LogP contribution is -2.51. The molecular weight excluding hydrogens is 362 g/mol. The van der Waals surface area contributed by atoms with Gasteiger partial charge in [-0.05, 0) is 24.3 Å². The number of hydrogen-bond donors (Lipinski definition) is 1. The van der Waals surface area contributed by atoms with Gasteiger partial charge in [-0.15, -0.1) is 0 Å². The first kappa shape index (κ1) is 17.8. The minimum Gasteiger partial charge on any atom is -0.459 e. The molecule has 1 aliphatic heterocycles. The Kier molecular flexibility index (Phi) is 4.79. The quantitative estimate of drug-likeness (QED) is 0.714. The van der Waals surface area contributed by atoms with Crippen LogP contribution >= 0.6 is 0 Å². The Labute approximate surface area is 160 Å². The average Bonchev–Trinajstić information content (AvgIpc) is 3.28. The molecule has 1 N–H and O–H groups in total. The molecule has 1 saturated heterocycles. The number of furan rings is 1. The Morgan fingerprint density at radius 1 is 1.07 bits per heavy atom. The van der Waals surface area contributed by atoms with Crippen molar-refractivity contribution in [3.05, 3.63) is 65.1 Å². The van der Waals surface area contributed by atoms with Crippen molar-refractivity contribution >= 4 is 23.1 Å². The zero-order valence-corrected chi connectivity index (χ0v) is 15.1. The zero-order chi connectivity index (χ0) is 19.5. The highest BCUT2D eigenvalue weighted by molar-refractivity contribution is 5.91. The first-order chi connectivity index (χ1) is 13.6. The monoisotopic (exact) mass is 381 g/mol. The van der Waals surface area contributed by atoms with Crippen molar-refractivity contribution in [1.82, 2.24) is 19.2 Å². The topological polar surface area (TPSA) is 100 Å². The van der Waals surface area contributed by atoms with E-state index in [9.17, 15) is 14.4 Å². The fourth-order valence-corrected chi connectivity index (χ4v) is 3.15. The summed E-state index contributed by atoms with van der Waals surface area (Å²) in [6.45, 7) is 1.72. The van der Waals surface area contributed by atoms with Crippen molar-refractivity contribution in [2.24, 2.45) is 0 Å². The van der Waals surface area contributed by atoms with E-state index in [0.29, 0.717) is 37.6 Å². The molecule has 4 heterocycles. The first-order valence-corrected chi connectivity index (χ1v) is 8.94. The summed E-state index contributed by atoms with van der Waals surface area (Å²) < 4.78 is 6.56. The van der Waals surface area contributed by atoms with Crippen LogP contribution in [0.2, 0.25) is 0 Å². The minimum atomic E-state index is -0.257. The molecule has 0 aromatic carbocycles. The molecule has 3 aromatic heterocycles. The minimum absolute atomic E-state index is 0.0120. The predicted molar refractivity (Wildman–Crippen MR) is 101 cm³/mol. The number of nitrogens with zero attached hydrogens (tertiary/aromatic N) is 4. The van der Waals surface area contributed by atoms with Crippen LogP contribution in [-0.4, -0.2) is 63.7 Å². The molecule has 9 heteroatoms. The van der Waals surface area contributed by atoms with Crippen molar-refractivity contribution in [2.45, 2.75) is 0 Å².